The Balaban J connectivity index is 2.88. The van der Waals surface area contributed by atoms with Crippen molar-refractivity contribution in [3.8, 4) is 23.3 Å². The first-order chi connectivity index (χ1) is 9.72. The van der Waals surface area contributed by atoms with Crippen LogP contribution in [0.1, 0.15) is 16.8 Å². The van der Waals surface area contributed by atoms with Gasteiger partial charge < -0.3 is 0 Å². The fourth-order valence-corrected chi connectivity index (χ4v) is 1.98. The van der Waals surface area contributed by atoms with Gasteiger partial charge in [0, 0.05) is 16.2 Å². The number of pyridine rings is 1. The highest BCUT2D eigenvalue weighted by molar-refractivity contribution is 5.78. The van der Waals surface area contributed by atoms with E-state index in [1.807, 2.05) is 42.5 Å². The van der Waals surface area contributed by atoms with E-state index in [0.717, 1.165) is 5.56 Å². The zero-order valence-corrected chi connectivity index (χ0v) is 10.6. The Morgan fingerprint density at radius 1 is 1.15 bits per heavy atom. The number of nitriles is 2. The van der Waals surface area contributed by atoms with Gasteiger partial charge in [0.1, 0.15) is 18.0 Å². The SMILES string of the molecule is Cc1nc(N=[N+]=[N-])c(C#N)c(C#N)c1-c1ccccc1. The predicted molar refractivity (Wildman–Crippen MR) is 72.6 cm³/mol. The highest BCUT2D eigenvalue weighted by Gasteiger charge is 2.18. The third-order valence-corrected chi connectivity index (χ3v) is 2.78. The molecule has 0 amide bonds. The molecule has 0 aliphatic carbocycles. The van der Waals surface area contributed by atoms with Crippen molar-refractivity contribution < 1.29 is 0 Å². The summed E-state index contributed by atoms with van der Waals surface area (Å²) in [7, 11) is 0. The van der Waals surface area contributed by atoms with Gasteiger partial charge in [-0.15, -0.1) is 0 Å². The fraction of sp³-hybridized carbons (Fsp3) is 0.0714. The molecule has 20 heavy (non-hydrogen) atoms. The van der Waals surface area contributed by atoms with E-state index >= 15 is 0 Å². The molecular weight excluding hydrogens is 252 g/mol. The summed E-state index contributed by atoms with van der Waals surface area (Å²) in [6.07, 6.45) is 0. The predicted octanol–water partition coefficient (Wildman–Crippen LogP) is 3.74. The van der Waals surface area contributed by atoms with Crippen molar-refractivity contribution in [2.24, 2.45) is 5.11 Å². The Hall–Kier alpha value is -3.34. The lowest BCUT2D eigenvalue weighted by Crippen LogP contribution is -1.97. The summed E-state index contributed by atoms with van der Waals surface area (Å²) in [4.78, 5) is 6.76. The molecule has 0 saturated heterocycles. The van der Waals surface area contributed by atoms with Crippen molar-refractivity contribution in [3.63, 3.8) is 0 Å². The number of azide groups is 1. The Morgan fingerprint density at radius 2 is 1.80 bits per heavy atom. The molecule has 1 aromatic carbocycles. The van der Waals surface area contributed by atoms with Gasteiger partial charge >= 0.3 is 0 Å². The van der Waals surface area contributed by atoms with Gasteiger partial charge in [0.05, 0.1) is 11.1 Å². The zero-order chi connectivity index (χ0) is 14.5. The first-order valence-corrected chi connectivity index (χ1v) is 5.68. The van der Waals surface area contributed by atoms with Gasteiger partial charge in [0.2, 0.25) is 0 Å². The van der Waals surface area contributed by atoms with E-state index in [9.17, 15) is 10.5 Å². The average molecular weight is 260 g/mol. The second-order valence-electron chi connectivity index (χ2n) is 3.92. The molecule has 0 N–H and O–H groups in total. The minimum atomic E-state index is -0.0660. The number of hydrogen-bond acceptors (Lipinski definition) is 4. The van der Waals surface area contributed by atoms with Crippen LogP contribution in [-0.4, -0.2) is 4.98 Å². The van der Waals surface area contributed by atoms with E-state index in [4.69, 9.17) is 5.53 Å². The van der Waals surface area contributed by atoms with E-state index in [2.05, 4.69) is 15.0 Å². The van der Waals surface area contributed by atoms with Crippen LogP contribution in [0.4, 0.5) is 5.82 Å². The number of rotatable bonds is 2. The number of nitrogens with zero attached hydrogens (tertiary/aromatic N) is 6. The highest BCUT2D eigenvalue weighted by atomic mass is 15.2. The van der Waals surface area contributed by atoms with E-state index in [-0.39, 0.29) is 16.9 Å². The molecule has 0 fully saturated rings. The lowest BCUT2D eigenvalue weighted by atomic mass is 9.96. The summed E-state index contributed by atoms with van der Waals surface area (Å²) in [6, 6.07) is 13.1. The van der Waals surface area contributed by atoms with E-state index in [1.165, 1.54) is 0 Å². The average Bonchev–Trinajstić information content (AvgIpc) is 2.47. The van der Waals surface area contributed by atoms with Gasteiger partial charge in [-0.25, -0.2) is 4.98 Å². The number of hydrogen-bond donors (Lipinski definition) is 0. The van der Waals surface area contributed by atoms with Crippen LogP contribution in [0.15, 0.2) is 35.4 Å². The van der Waals surface area contributed by atoms with Crippen LogP contribution in [0.3, 0.4) is 0 Å². The fourth-order valence-electron chi connectivity index (χ4n) is 1.98. The maximum Gasteiger partial charge on any atom is 0.146 e. The quantitative estimate of drug-likeness (QED) is 0.465. The van der Waals surface area contributed by atoms with Gasteiger partial charge in [-0.05, 0) is 23.1 Å². The maximum absolute atomic E-state index is 9.35. The zero-order valence-electron chi connectivity index (χ0n) is 10.6. The van der Waals surface area contributed by atoms with E-state index in [1.54, 1.807) is 6.92 Å². The van der Waals surface area contributed by atoms with Crippen LogP contribution >= 0.6 is 0 Å². The Labute approximate surface area is 115 Å². The minimum absolute atomic E-state index is 0.00486. The van der Waals surface area contributed by atoms with Crippen LogP contribution < -0.4 is 0 Å². The number of benzene rings is 1. The Morgan fingerprint density at radius 3 is 2.35 bits per heavy atom. The molecule has 0 atom stereocenters. The smallest absolute Gasteiger partial charge is 0.146 e. The second kappa shape index (κ2) is 5.53. The molecule has 6 nitrogen and oxygen atoms in total. The Bertz CT molecular complexity index is 789. The van der Waals surface area contributed by atoms with E-state index in [0.29, 0.717) is 11.3 Å². The van der Waals surface area contributed by atoms with Gasteiger partial charge in [-0.2, -0.15) is 10.5 Å². The monoisotopic (exact) mass is 260 g/mol. The Kier molecular flexibility index (Phi) is 3.63. The van der Waals surface area contributed by atoms with Crippen LogP contribution in [0.2, 0.25) is 0 Å². The summed E-state index contributed by atoms with van der Waals surface area (Å²) in [6.45, 7) is 1.71. The van der Waals surface area contributed by atoms with Crippen molar-refractivity contribution >= 4 is 5.82 Å². The third kappa shape index (κ3) is 2.15. The molecule has 94 valence electrons. The van der Waals surface area contributed by atoms with Gasteiger partial charge in [0.15, 0.2) is 0 Å². The summed E-state index contributed by atoms with van der Waals surface area (Å²) in [5.41, 5.74) is 10.6. The molecule has 1 heterocycles. The van der Waals surface area contributed by atoms with Gasteiger partial charge in [0.25, 0.3) is 0 Å². The molecule has 0 unspecified atom stereocenters. The maximum atomic E-state index is 9.35. The largest absolute Gasteiger partial charge is 0.249 e. The van der Waals surface area contributed by atoms with Crippen LogP contribution in [0, 0.1) is 29.6 Å². The second-order valence-corrected chi connectivity index (χ2v) is 3.92. The first-order valence-electron chi connectivity index (χ1n) is 5.68. The van der Waals surface area contributed by atoms with Crippen LogP contribution in [0.25, 0.3) is 21.6 Å². The lowest BCUT2D eigenvalue weighted by Gasteiger charge is -2.10. The summed E-state index contributed by atoms with van der Waals surface area (Å²) in [5, 5.41) is 21.9. The van der Waals surface area contributed by atoms with Crippen molar-refractivity contribution in [1.29, 1.82) is 10.5 Å². The number of aryl methyl sites for hydroxylation is 1. The minimum Gasteiger partial charge on any atom is -0.249 e. The lowest BCUT2D eigenvalue weighted by molar-refractivity contribution is 1.15. The van der Waals surface area contributed by atoms with Crippen LogP contribution in [-0.2, 0) is 0 Å². The normalized spacial score (nSPS) is 9.15. The van der Waals surface area contributed by atoms with Gasteiger partial charge in [-0.1, -0.05) is 30.3 Å². The molecule has 2 aromatic rings. The van der Waals surface area contributed by atoms with Crippen LogP contribution in [0.5, 0.6) is 0 Å². The molecular formula is C14H8N6. The summed E-state index contributed by atoms with van der Waals surface area (Å²) < 4.78 is 0. The van der Waals surface area contributed by atoms with Crippen molar-refractivity contribution in [2.75, 3.05) is 0 Å². The molecule has 0 saturated carbocycles. The van der Waals surface area contributed by atoms with Crippen molar-refractivity contribution in [1.82, 2.24) is 4.98 Å². The van der Waals surface area contributed by atoms with Crippen molar-refractivity contribution in [2.45, 2.75) is 6.92 Å². The molecule has 0 bridgehead atoms. The molecule has 1 aromatic heterocycles. The molecule has 0 aliphatic heterocycles. The highest BCUT2D eigenvalue weighted by Crippen LogP contribution is 2.32. The standard InChI is InChI=1S/C14H8N6/c1-9-13(10-5-3-2-4-6-10)11(7-15)12(8-16)14(18-9)19-20-17/h2-6H,1H3. The molecule has 0 radical (unpaired) electrons. The molecule has 2 rings (SSSR count). The molecule has 0 spiro atoms. The van der Waals surface area contributed by atoms with Crippen molar-refractivity contribution in [3.05, 3.63) is 57.6 Å². The molecule has 6 heteroatoms. The third-order valence-electron chi connectivity index (χ3n) is 2.78. The first kappa shape index (κ1) is 13.1. The number of aromatic nitrogens is 1. The molecule has 0 aliphatic rings. The van der Waals surface area contributed by atoms with Gasteiger partial charge in [-0.3, -0.25) is 0 Å². The summed E-state index contributed by atoms with van der Waals surface area (Å²) >= 11 is 0. The summed E-state index contributed by atoms with van der Waals surface area (Å²) in [5.74, 6) is -0.0660. The van der Waals surface area contributed by atoms with E-state index < -0.39 is 0 Å². The topological polar surface area (TPSA) is 109 Å².